The number of aliphatic carboxylic acids is 1. The summed E-state index contributed by atoms with van der Waals surface area (Å²) < 4.78 is 53.2. The van der Waals surface area contributed by atoms with E-state index < -0.39 is 29.2 Å². The minimum absolute atomic E-state index is 0.0496. The van der Waals surface area contributed by atoms with Crippen LogP contribution in [0.5, 0.6) is 11.5 Å². The highest BCUT2D eigenvalue weighted by Gasteiger charge is 2.37. The van der Waals surface area contributed by atoms with Gasteiger partial charge in [0.05, 0.1) is 17.6 Å². The lowest BCUT2D eigenvalue weighted by atomic mass is 9.74. The Balaban J connectivity index is 1.37. The van der Waals surface area contributed by atoms with E-state index in [-0.39, 0.29) is 48.6 Å². The van der Waals surface area contributed by atoms with E-state index in [1.165, 1.54) is 13.3 Å². The van der Waals surface area contributed by atoms with Crippen molar-refractivity contribution >= 4 is 28.5 Å². The van der Waals surface area contributed by atoms with Crippen LogP contribution in [0.15, 0.2) is 42.6 Å². The summed E-state index contributed by atoms with van der Waals surface area (Å²) in [5, 5.41) is 12.8. The normalized spacial score (nSPS) is 16.5. The second-order valence-electron chi connectivity index (χ2n) is 9.24. The van der Waals surface area contributed by atoms with Gasteiger partial charge in [0.2, 0.25) is 0 Å². The molecule has 0 saturated carbocycles. The van der Waals surface area contributed by atoms with Crippen LogP contribution in [0.1, 0.15) is 37.4 Å². The summed E-state index contributed by atoms with van der Waals surface area (Å²) in [7, 11) is 1.51. The van der Waals surface area contributed by atoms with E-state index >= 15 is 4.39 Å². The Labute approximate surface area is 218 Å². The molecule has 1 atom stereocenters. The number of likely N-dealkylation sites (tertiary alicyclic amines) is 1. The van der Waals surface area contributed by atoms with Crippen molar-refractivity contribution in [2.24, 2.45) is 5.41 Å². The lowest BCUT2D eigenvalue weighted by Crippen LogP contribution is -2.50. The van der Waals surface area contributed by atoms with Gasteiger partial charge in [-0.25, -0.2) is 13.2 Å². The number of benzene rings is 2. The van der Waals surface area contributed by atoms with Crippen LogP contribution in [0, 0.1) is 17.0 Å². The maximum Gasteiger partial charge on any atom is 0.165 e. The summed E-state index contributed by atoms with van der Waals surface area (Å²) in [6.45, 7) is 1.37. The summed E-state index contributed by atoms with van der Waals surface area (Å²) in [6.07, 6.45) is 0.465. The van der Waals surface area contributed by atoms with Crippen molar-refractivity contribution in [3.8, 4) is 11.5 Å². The zero-order chi connectivity index (χ0) is 26.6. The Bertz CT molecular complexity index is 1270. The number of ether oxygens (including phenoxy) is 2. The molecule has 2 aromatic carbocycles. The van der Waals surface area contributed by atoms with Gasteiger partial charge in [0.15, 0.2) is 11.6 Å². The molecule has 0 N–H and O–H groups in total. The van der Waals surface area contributed by atoms with Crippen LogP contribution in [-0.2, 0) is 4.79 Å². The van der Waals surface area contributed by atoms with Crippen LogP contribution in [0.4, 0.5) is 13.2 Å². The van der Waals surface area contributed by atoms with Crippen molar-refractivity contribution in [3.05, 3.63) is 64.8 Å². The number of halogens is 4. The van der Waals surface area contributed by atoms with Crippen molar-refractivity contribution in [1.29, 1.82) is 0 Å². The number of carbonyl (C=O) groups excluding carboxylic acids is 1. The van der Waals surface area contributed by atoms with Gasteiger partial charge in [-0.2, -0.15) is 0 Å². The first-order valence-electron chi connectivity index (χ1n) is 12.0. The molecule has 1 aliphatic heterocycles. The van der Waals surface area contributed by atoms with Gasteiger partial charge in [-0.1, -0.05) is 11.6 Å². The number of hydrogen-bond acceptors (Lipinski definition) is 6. The molecule has 0 aliphatic carbocycles. The van der Waals surface area contributed by atoms with Crippen LogP contribution in [0.2, 0.25) is 5.02 Å². The quantitative estimate of drug-likeness (QED) is 0.368. The summed E-state index contributed by atoms with van der Waals surface area (Å²) in [5.41, 5.74) is -0.354. The van der Waals surface area contributed by atoms with E-state index in [1.807, 2.05) is 4.90 Å². The zero-order valence-corrected chi connectivity index (χ0v) is 21.1. The second kappa shape index (κ2) is 11.6. The first-order chi connectivity index (χ1) is 17.7. The highest BCUT2D eigenvalue weighted by atomic mass is 35.5. The maximum atomic E-state index is 15.6. The molecule has 1 fully saturated rings. The van der Waals surface area contributed by atoms with Crippen LogP contribution < -0.4 is 14.6 Å². The van der Waals surface area contributed by atoms with Gasteiger partial charge >= 0.3 is 0 Å². The third-order valence-corrected chi connectivity index (χ3v) is 7.36. The third kappa shape index (κ3) is 6.10. The number of carbonyl (C=O) groups is 1. The van der Waals surface area contributed by atoms with Gasteiger partial charge in [0.25, 0.3) is 0 Å². The molecular formula is C27H27ClF3N2O4-. The third-order valence-electron chi connectivity index (χ3n) is 7.06. The van der Waals surface area contributed by atoms with E-state index in [4.69, 9.17) is 21.1 Å². The van der Waals surface area contributed by atoms with Gasteiger partial charge in [-0.3, -0.25) is 9.88 Å². The Hall–Kier alpha value is -3.04. The Morgan fingerprint density at radius 1 is 1.22 bits per heavy atom. The number of carboxylic acids is 1. The molecule has 2 heterocycles. The predicted octanol–water partition coefficient (Wildman–Crippen LogP) is 4.88. The molecule has 6 nitrogen and oxygen atoms in total. The fourth-order valence-electron chi connectivity index (χ4n) is 4.79. The van der Waals surface area contributed by atoms with Gasteiger partial charge in [0.1, 0.15) is 24.3 Å². The number of methoxy groups -OCH3 is 1. The Morgan fingerprint density at radius 2 is 1.97 bits per heavy atom. The molecule has 0 radical (unpaired) electrons. The fourth-order valence-corrected chi connectivity index (χ4v) is 5.06. The van der Waals surface area contributed by atoms with Crippen LogP contribution in [-0.4, -0.2) is 49.2 Å². The standard InChI is InChI=1S/C27H28ClF3N2O4/c1-36-18-3-5-23-19(15-18)25(20(28)16-32-23)22(31)6-7-27(26(34)35)8-10-33(11-9-27)12-13-37-24-14-17(29)2-4-21(24)30/h2-5,14-16,22H,6-13H2,1H3,(H,34,35)/p-1. The summed E-state index contributed by atoms with van der Waals surface area (Å²) in [5.74, 6) is -2.09. The molecule has 4 rings (SSSR count). The van der Waals surface area contributed by atoms with E-state index in [0.717, 1.165) is 18.2 Å². The average Bonchev–Trinajstić information content (AvgIpc) is 2.89. The molecule has 0 bridgehead atoms. The van der Waals surface area contributed by atoms with Gasteiger partial charge in [-0.15, -0.1) is 0 Å². The number of fused-ring (bicyclic) bond motifs is 1. The molecule has 198 valence electrons. The SMILES string of the molecule is COc1ccc2ncc(Cl)c(C(F)CCC3(C(=O)[O-])CCN(CCOc4cc(F)ccc4F)CC3)c2c1. The number of alkyl halides is 1. The number of piperidine rings is 1. The molecule has 3 aromatic rings. The number of nitrogens with zero attached hydrogens (tertiary/aromatic N) is 2. The van der Waals surface area contributed by atoms with Gasteiger partial charge in [-0.05, 0) is 69.1 Å². The fraction of sp³-hybridized carbons (Fsp3) is 0.407. The number of pyridine rings is 1. The first kappa shape index (κ1) is 27.0. The van der Waals surface area contributed by atoms with Crippen LogP contribution in [0.25, 0.3) is 10.9 Å². The predicted molar refractivity (Wildman–Crippen MR) is 131 cm³/mol. The Kier molecular flexibility index (Phi) is 8.44. The smallest absolute Gasteiger partial charge is 0.165 e. The van der Waals surface area contributed by atoms with E-state index in [1.54, 1.807) is 18.2 Å². The van der Waals surface area contributed by atoms with E-state index in [2.05, 4.69) is 4.98 Å². The first-order valence-corrected chi connectivity index (χ1v) is 12.4. The molecule has 10 heteroatoms. The molecular weight excluding hydrogens is 509 g/mol. The van der Waals surface area contributed by atoms with Crippen LogP contribution >= 0.6 is 11.6 Å². The van der Waals surface area contributed by atoms with Crippen molar-refractivity contribution in [2.75, 3.05) is 33.4 Å². The maximum absolute atomic E-state index is 15.6. The second-order valence-corrected chi connectivity index (χ2v) is 9.65. The minimum atomic E-state index is -1.51. The number of carboxylic acid groups (broad SMARTS) is 1. The van der Waals surface area contributed by atoms with E-state index in [0.29, 0.717) is 36.3 Å². The molecule has 0 amide bonds. The number of aromatic nitrogens is 1. The van der Waals surface area contributed by atoms with Crippen molar-refractivity contribution in [2.45, 2.75) is 31.9 Å². The molecule has 1 unspecified atom stereocenters. The number of rotatable bonds is 10. The molecule has 1 aliphatic rings. The molecule has 0 spiro atoms. The minimum Gasteiger partial charge on any atom is -0.550 e. The summed E-state index contributed by atoms with van der Waals surface area (Å²) in [6, 6.07) is 8.09. The number of hydrogen-bond donors (Lipinski definition) is 0. The van der Waals surface area contributed by atoms with Crippen LogP contribution in [0.3, 0.4) is 0 Å². The van der Waals surface area contributed by atoms with Crippen molar-refractivity contribution < 1.29 is 32.5 Å². The van der Waals surface area contributed by atoms with Crippen molar-refractivity contribution in [3.63, 3.8) is 0 Å². The molecule has 1 aromatic heterocycles. The van der Waals surface area contributed by atoms with Crippen molar-refractivity contribution in [1.82, 2.24) is 9.88 Å². The topological polar surface area (TPSA) is 74.7 Å². The lowest BCUT2D eigenvalue weighted by Gasteiger charge is -2.43. The highest BCUT2D eigenvalue weighted by Crippen LogP contribution is 2.42. The van der Waals surface area contributed by atoms with Gasteiger partial charge in [0, 0.05) is 41.1 Å². The average molecular weight is 536 g/mol. The lowest BCUT2D eigenvalue weighted by molar-refractivity contribution is -0.322. The van der Waals surface area contributed by atoms with Gasteiger partial charge < -0.3 is 19.4 Å². The summed E-state index contributed by atoms with van der Waals surface area (Å²) >= 11 is 6.31. The molecule has 1 saturated heterocycles. The van der Waals surface area contributed by atoms with E-state index in [9.17, 15) is 18.7 Å². The Morgan fingerprint density at radius 3 is 2.68 bits per heavy atom. The monoisotopic (exact) mass is 535 g/mol. The summed E-state index contributed by atoms with van der Waals surface area (Å²) in [4.78, 5) is 18.4. The molecule has 37 heavy (non-hydrogen) atoms. The largest absolute Gasteiger partial charge is 0.550 e. The highest BCUT2D eigenvalue weighted by molar-refractivity contribution is 6.32. The zero-order valence-electron chi connectivity index (χ0n) is 20.3.